The van der Waals surface area contributed by atoms with Crippen molar-refractivity contribution in [1.82, 2.24) is 20.2 Å². The predicted octanol–water partition coefficient (Wildman–Crippen LogP) is 2.94. The van der Waals surface area contributed by atoms with Crippen molar-refractivity contribution in [2.24, 2.45) is 17.8 Å². The average Bonchev–Trinajstić information content (AvgIpc) is 2.72. The molecule has 5 fully saturated rings. The second-order valence-electron chi connectivity index (χ2n) is 9.99. The van der Waals surface area contributed by atoms with Crippen LogP contribution in [0.15, 0.2) is 6.20 Å². The van der Waals surface area contributed by atoms with Crippen molar-refractivity contribution < 1.29 is 22.7 Å². The number of nitrogens with one attached hydrogen (secondary N) is 2. The van der Waals surface area contributed by atoms with Gasteiger partial charge >= 0.3 is 6.18 Å². The summed E-state index contributed by atoms with van der Waals surface area (Å²) in [6.45, 7) is 3.55. The Morgan fingerprint density at radius 1 is 1.12 bits per heavy atom. The lowest BCUT2D eigenvalue weighted by Crippen LogP contribution is -2.55. The number of hydrogen-bond acceptors (Lipinski definition) is 6. The van der Waals surface area contributed by atoms with Crippen molar-refractivity contribution in [1.29, 1.82) is 0 Å². The van der Waals surface area contributed by atoms with Crippen molar-refractivity contribution in [3.63, 3.8) is 0 Å². The molecule has 2 heterocycles. The van der Waals surface area contributed by atoms with E-state index < -0.39 is 23.3 Å². The normalized spacial score (nSPS) is 32.2. The van der Waals surface area contributed by atoms with Crippen molar-refractivity contribution in [3.05, 3.63) is 17.5 Å². The largest absolute Gasteiger partial charge is 0.434 e. The fraction of sp³-hybridized carbons (Fsp3) is 0.773. The number of rotatable bonds is 6. The van der Waals surface area contributed by atoms with Gasteiger partial charge in [-0.25, -0.2) is 9.97 Å². The van der Waals surface area contributed by atoms with Gasteiger partial charge in [0.15, 0.2) is 5.69 Å². The minimum atomic E-state index is -4.74. The summed E-state index contributed by atoms with van der Waals surface area (Å²) in [6.07, 6.45) is 2.88. The summed E-state index contributed by atoms with van der Waals surface area (Å²) in [7, 11) is 0. The standard InChI is InChI=1S/C22H30F3N5O2/c23-22(24,25)18-17(19(31)26-1-2-30-3-5-32-6-4-30)13-27-20(28-18)29-21-10-14-7-15(11-21)9-16(8-14)12-21/h13-16H,1-12H2,(H,26,31)(H,27,28,29). The van der Waals surface area contributed by atoms with Gasteiger partial charge in [0.25, 0.3) is 5.91 Å². The third-order valence-electron chi connectivity index (χ3n) is 7.53. The third kappa shape index (κ3) is 4.57. The summed E-state index contributed by atoms with van der Waals surface area (Å²) < 4.78 is 46.6. The highest BCUT2D eigenvalue weighted by Crippen LogP contribution is 2.56. The van der Waals surface area contributed by atoms with Crippen LogP contribution >= 0.6 is 0 Å². The lowest BCUT2D eigenvalue weighted by Gasteiger charge is -2.56. The molecule has 1 aromatic rings. The van der Waals surface area contributed by atoms with Crippen molar-refractivity contribution >= 4 is 11.9 Å². The van der Waals surface area contributed by atoms with Crippen LogP contribution in [0.4, 0.5) is 19.1 Å². The highest BCUT2D eigenvalue weighted by atomic mass is 19.4. The lowest BCUT2D eigenvalue weighted by molar-refractivity contribution is -0.141. The van der Waals surface area contributed by atoms with E-state index in [0.717, 1.165) is 38.5 Å². The summed E-state index contributed by atoms with van der Waals surface area (Å²) in [6, 6.07) is 0. The van der Waals surface area contributed by atoms with Gasteiger partial charge in [0.1, 0.15) is 0 Å². The van der Waals surface area contributed by atoms with Crippen LogP contribution in [0, 0.1) is 17.8 Å². The SMILES string of the molecule is O=C(NCCN1CCOCC1)c1cnc(NC23CC4CC(CC(C4)C2)C3)nc1C(F)(F)F. The first-order valence-electron chi connectivity index (χ1n) is 11.6. The number of morpholine rings is 1. The Bertz CT molecular complexity index is 821. The molecule has 0 radical (unpaired) electrons. The van der Waals surface area contributed by atoms with E-state index in [1.807, 2.05) is 0 Å². The molecule has 5 aliphatic rings. The van der Waals surface area contributed by atoms with Crippen molar-refractivity contribution in [2.75, 3.05) is 44.7 Å². The summed E-state index contributed by atoms with van der Waals surface area (Å²) >= 11 is 0. The number of amides is 1. The Kier molecular flexibility index (Phi) is 5.77. The van der Waals surface area contributed by atoms with Crippen molar-refractivity contribution in [3.8, 4) is 0 Å². The van der Waals surface area contributed by atoms with Gasteiger partial charge in [0.2, 0.25) is 5.95 Å². The van der Waals surface area contributed by atoms with Crippen LogP contribution in [0.5, 0.6) is 0 Å². The molecule has 0 unspecified atom stereocenters. The second-order valence-corrected chi connectivity index (χ2v) is 9.99. The highest BCUT2D eigenvalue weighted by molar-refractivity contribution is 5.95. The molecular weight excluding hydrogens is 423 g/mol. The van der Waals surface area contributed by atoms with Crippen molar-refractivity contribution in [2.45, 2.75) is 50.2 Å². The number of carbonyl (C=O) groups is 1. The average molecular weight is 454 g/mol. The molecule has 176 valence electrons. The predicted molar refractivity (Wildman–Crippen MR) is 111 cm³/mol. The van der Waals surface area contributed by atoms with Gasteiger partial charge in [-0.1, -0.05) is 0 Å². The molecule has 1 aliphatic heterocycles. The first-order valence-corrected chi connectivity index (χ1v) is 11.6. The van der Waals surface area contributed by atoms with Crippen LogP contribution in [0.1, 0.15) is 54.6 Å². The van der Waals surface area contributed by atoms with Gasteiger partial charge in [-0.2, -0.15) is 13.2 Å². The van der Waals surface area contributed by atoms with E-state index in [1.54, 1.807) is 0 Å². The number of aromatic nitrogens is 2. The number of hydrogen-bond donors (Lipinski definition) is 2. The van der Waals surface area contributed by atoms with E-state index in [-0.39, 0.29) is 18.0 Å². The van der Waals surface area contributed by atoms with Gasteiger partial charge in [-0.15, -0.1) is 0 Å². The lowest BCUT2D eigenvalue weighted by atomic mass is 9.53. The fourth-order valence-electron chi connectivity index (χ4n) is 6.57. The van der Waals surface area contributed by atoms with Gasteiger partial charge in [0, 0.05) is 37.9 Å². The molecule has 1 aromatic heterocycles. The highest BCUT2D eigenvalue weighted by Gasteiger charge is 2.51. The Labute approximate surface area is 185 Å². The number of carbonyl (C=O) groups excluding carboxylic acids is 1. The van der Waals surface area contributed by atoms with E-state index in [0.29, 0.717) is 37.5 Å². The zero-order chi connectivity index (χ0) is 22.3. The van der Waals surface area contributed by atoms with Gasteiger partial charge in [-0.3, -0.25) is 9.69 Å². The molecule has 32 heavy (non-hydrogen) atoms. The maximum atomic E-state index is 13.8. The molecule has 6 rings (SSSR count). The Hall–Kier alpha value is -1.94. The molecule has 0 atom stereocenters. The summed E-state index contributed by atoms with van der Waals surface area (Å²) in [5.41, 5.74) is -1.92. The smallest absolute Gasteiger partial charge is 0.379 e. The Morgan fingerprint density at radius 2 is 1.75 bits per heavy atom. The number of anilines is 1. The quantitative estimate of drug-likeness (QED) is 0.690. The number of nitrogens with zero attached hydrogens (tertiary/aromatic N) is 3. The fourth-order valence-corrected chi connectivity index (χ4v) is 6.57. The monoisotopic (exact) mass is 453 g/mol. The summed E-state index contributed by atoms with van der Waals surface area (Å²) in [5, 5.41) is 5.86. The minimum absolute atomic E-state index is 0.0239. The molecule has 0 spiro atoms. The molecule has 1 amide bonds. The zero-order valence-electron chi connectivity index (χ0n) is 18.1. The third-order valence-corrected chi connectivity index (χ3v) is 7.53. The van der Waals surface area contributed by atoms with Crippen LogP contribution in [0.2, 0.25) is 0 Å². The Balaban J connectivity index is 1.28. The first kappa shape index (κ1) is 21.9. The first-order chi connectivity index (χ1) is 15.3. The van der Waals surface area contributed by atoms with E-state index in [1.165, 1.54) is 19.3 Å². The summed E-state index contributed by atoms with van der Waals surface area (Å²) in [5.74, 6) is 1.11. The Morgan fingerprint density at radius 3 is 2.34 bits per heavy atom. The minimum Gasteiger partial charge on any atom is -0.379 e. The van der Waals surface area contributed by atoms with E-state index in [4.69, 9.17) is 4.74 Å². The van der Waals surface area contributed by atoms with E-state index in [2.05, 4.69) is 25.5 Å². The second kappa shape index (κ2) is 8.44. The maximum Gasteiger partial charge on any atom is 0.434 e. The molecular formula is C22H30F3N5O2. The molecule has 1 saturated heterocycles. The molecule has 7 nitrogen and oxygen atoms in total. The van der Waals surface area contributed by atoms with Crippen LogP contribution in [-0.4, -0.2) is 65.7 Å². The van der Waals surface area contributed by atoms with Crippen LogP contribution < -0.4 is 10.6 Å². The van der Waals surface area contributed by atoms with Gasteiger partial charge < -0.3 is 15.4 Å². The van der Waals surface area contributed by atoms with E-state index >= 15 is 0 Å². The number of halogens is 3. The van der Waals surface area contributed by atoms with Gasteiger partial charge in [-0.05, 0) is 56.3 Å². The molecule has 0 aromatic carbocycles. The molecule has 10 heteroatoms. The van der Waals surface area contributed by atoms with Crippen LogP contribution in [0.25, 0.3) is 0 Å². The molecule has 4 aliphatic carbocycles. The van der Waals surface area contributed by atoms with Gasteiger partial charge in [0.05, 0.1) is 18.8 Å². The van der Waals surface area contributed by atoms with Crippen LogP contribution in [0.3, 0.4) is 0 Å². The maximum absolute atomic E-state index is 13.8. The number of alkyl halides is 3. The van der Waals surface area contributed by atoms with E-state index in [9.17, 15) is 18.0 Å². The molecule has 4 saturated carbocycles. The van der Waals surface area contributed by atoms with Crippen LogP contribution in [-0.2, 0) is 10.9 Å². The summed E-state index contributed by atoms with van der Waals surface area (Å²) in [4.78, 5) is 22.6. The topological polar surface area (TPSA) is 79.4 Å². The molecule has 2 N–H and O–H groups in total. The molecule has 4 bridgehead atoms. The zero-order valence-corrected chi connectivity index (χ0v) is 18.1. The number of ether oxygens (including phenoxy) is 1.